The van der Waals surface area contributed by atoms with Gasteiger partial charge in [0.2, 0.25) is 0 Å². The Bertz CT molecular complexity index is 72.8. The van der Waals surface area contributed by atoms with Gasteiger partial charge in [0.15, 0.2) is 0 Å². The van der Waals surface area contributed by atoms with Gasteiger partial charge in [0.25, 0.3) is 0 Å². The van der Waals surface area contributed by atoms with Crippen LogP contribution in [0.2, 0.25) is 0 Å². The van der Waals surface area contributed by atoms with Gasteiger partial charge in [-0.2, -0.15) is 0 Å². The van der Waals surface area contributed by atoms with E-state index in [9.17, 15) is 0 Å². The van der Waals surface area contributed by atoms with Crippen LogP contribution >= 0.6 is 0 Å². The standard InChI is InChI=1S/C9H17O/c1-10-9-7-5-3-2-4-6-8-9/h2,9H,3-8H2,1H3. The van der Waals surface area contributed by atoms with Gasteiger partial charge < -0.3 is 4.74 Å². The smallest absolute Gasteiger partial charge is 0.0571 e. The molecular formula is C9H17O. The SMILES string of the molecule is COC1CCC[CH]CCC1. The highest BCUT2D eigenvalue weighted by Crippen LogP contribution is 2.17. The molecule has 1 aliphatic rings. The third-order valence-corrected chi connectivity index (χ3v) is 2.20. The fourth-order valence-corrected chi connectivity index (χ4v) is 1.50. The molecule has 1 rings (SSSR count). The lowest BCUT2D eigenvalue weighted by Crippen LogP contribution is -2.11. The van der Waals surface area contributed by atoms with Crippen molar-refractivity contribution in [1.29, 1.82) is 0 Å². The van der Waals surface area contributed by atoms with E-state index in [4.69, 9.17) is 4.74 Å². The molecule has 0 amide bonds. The zero-order valence-electron chi connectivity index (χ0n) is 6.81. The van der Waals surface area contributed by atoms with Crippen molar-refractivity contribution in [1.82, 2.24) is 0 Å². The summed E-state index contributed by atoms with van der Waals surface area (Å²) in [5, 5.41) is 0. The highest BCUT2D eigenvalue weighted by molar-refractivity contribution is 4.71. The van der Waals surface area contributed by atoms with Crippen LogP contribution in [0.4, 0.5) is 0 Å². The quantitative estimate of drug-likeness (QED) is 0.545. The second-order valence-electron chi connectivity index (χ2n) is 3.01. The summed E-state index contributed by atoms with van der Waals surface area (Å²) in [6.45, 7) is 0. The lowest BCUT2D eigenvalue weighted by atomic mass is 9.99. The van der Waals surface area contributed by atoms with Crippen LogP contribution in [-0.2, 0) is 4.74 Å². The van der Waals surface area contributed by atoms with Crippen LogP contribution in [0.1, 0.15) is 38.5 Å². The molecule has 0 aliphatic heterocycles. The first-order valence-corrected chi connectivity index (χ1v) is 4.28. The van der Waals surface area contributed by atoms with Crippen molar-refractivity contribution in [2.45, 2.75) is 44.6 Å². The van der Waals surface area contributed by atoms with Crippen molar-refractivity contribution < 1.29 is 4.74 Å². The lowest BCUT2D eigenvalue weighted by Gasteiger charge is -2.17. The number of hydrogen-bond acceptors (Lipinski definition) is 1. The van der Waals surface area contributed by atoms with Crippen LogP contribution in [0, 0.1) is 6.42 Å². The Balaban J connectivity index is 2.16. The molecule has 59 valence electrons. The van der Waals surface area contributed by atoms with Crippen LogP contribution < -0.4 is 0 Å². The summed E-state index contributed by atoms with van der Waals surface area (Å²) in [6, 6.07) is 0. The maximum absolute atomic E-state index is 5.31. The van der Waals surface area contributed by atoms with Crippen molar-refractivity contribution in [3.05, 3.63) is 6.42 Å². The van der Waals surface area contributed by atoms with E-state index in [0.29, 0.717) is 6.10 Å². The first-order valence-electron chi connectivity index (χ1n) is 4.28. The van der Waals surface area contributed by atoms with Crippen LogP contribution in [0.5, 0.6) is 0 Å². The molecule has 1 radical (unpaired) electrons. The molecule has 0 unspecified atom stereocenters. The molecule has 10 heavy (non-hydrogen) atoms. The summed E-state index contributed by atoms with van der Waals surface area (Å²) in [6.07, 6.45) is 10.7. The van der Waals surface area contributed by atoms with Crippen molar-refractivity contribution >= 4 is 0 Å². The van der Waals surface area contributed by atoms with Crippen molar-refractivity contribution in [2.24, 2.45) is 0 Å². The van der Waals surface area contributed by atoms with Crippen LogP contribution in [0.15, 0.2) is 0 Å². The van der Waals surface area contributed by atoms with Gasteiger partial charge in [-0.1, -0.05) is 25.7 Å². The van der Waals surface area contributed by atoms with E-state index in [1.165, 1.54) is 38.5 Å². The molecular weight excluding hydrogens is 124 g/mol. The van der Waals surface area contributed by atoms with E-state index < -0.39 is 0 Å². The molecule has 0 heterocycles. The fraction of sp³-hybridized carbons (Fsp3) is 0.889. The second-order valence-corrected chi connectivity index (χ2v) is 3.01. The van der Waals surface area contributed by atoms with E-state index in [-0.39, 0.29) is 0 Å². The summed E-state index contributed by atoms with van der Waals surface area (Å²) in [5.74, 6) is 0. The molecule has 1 aliphatic carbocycles. The number of rotatable bonds is 1. The Hall–Kier alpha value is -0.0400. The Morgan fingerprint density at radius 1 is 1.20 bits per heavy atom. The zero-order chi connectivity index (χ0) is 7.23. The summed E-state index contributed by atoms with van der Waals surface area (Å²) in [5.41, 5.74) is 0. The molecule has 0 bridgehead atoms. The Morgan fingerprint density at radius 3 is 2.30 bits per heavy atom. The molecule has 1 heteroatoms. The molecule has 1 fully saturated rings. The van der Waals surface area contributed by atoms with Crippen LogP contribution in [-0.4, -0.2) is 13.2 Å². The first-order chi connectivity index (χ1) is 4.93. The molecule has 1 nitrogen and oxygen atoms in total. The average Bonchev–Trinajstić information content (AvgIpc) is 1.87. The van der Waals surface area contributed by atoms with Gasteiger partial charge in [-0.3, -0.25) is 0 Å². The molecule has 0 saturated heterocycles. The molecule has 0 aromatic carbocycles. The third kappa shape index (κ3) is 2.70. The minimum atomic E-state index is 0.550. The summed E-state index contributed by atoms with van der Waals surface area (Å²) >= 11 is 0. The lowest BCUT2D eigenvalue weighted by molar-refractivity contribution is 0.0821. The average molecular weight is 141 g/mol. The van der Waals surface area contributed by atoms with E-state index in [0.717, 1.165) is 0 Å². The molecule has 0 aromatic heterocycles. The highest BCUT2D eigenvalue weighted by atomic mass is 16.5. The minimum absolute atomic E-state index is 0.550. The Labute approximate surface area is 63.8 Å². The summed E-state index contributed by atoms with van der Waals surface area (Å²) < 4.78 is 5.31. The minimum Gasteiger partial charge on any atom is -0.381 e. The third-order valence-electron chi connectivity index (χ3n) is 2.20. The second kappa shape index (κ2) is 4.73. The number of ether oxygens (including phenoxy) is 1. The molecule has 0 spiro atoms. The van der Waals surface area contributed by atoms with E-state index >= 15 is 0 Å². The zero-order valence-corrected chi connectivity index (χ0v) is 6.81. The predicted molar refractivity (Wildman–Crippen MR) is 42.8 cm³/mol. The summed E-state index contributed by atoms with van der Waals surface area (Å²) in [7, 11) is 1.83. The Morgan fingerprint density at radius 2 is 1.80 bits per heavy atom. The van der Waals surface area contributed by atoms with Crippen molar-refractivity contribution in [2.75, 3.05) is 7.11 Å². The van der Waals surface area contributed by atoms with Crippen LogP contribution in [0.3, 0.4) is 0 Å². The van der Waals surface area contributed by atoms with Crippen molar-refractivity contribution in [3.8, 4) is 0 Å². The van der Waals surface area contributed by atoms with E-state index in [1.807, 2.05) is 7.11 Å². The maximum atomic E-state index is 5.31. The molecule has 0 atom stereocenters. The first kappa shape index (κ1) is 8.06. The molecule has 1 saturated carbocycles. The molecule has 0 N–H and O–H groups in total. The highest BCUT2D eigenvalue weighted by Gasteiger charge is 2.08. The largest absolute Gasteiger partial charge is 0.381 e. The fourth-order valence-electron chi connectivity index (χ4n) is 1.50. The predicted octanol–water partition coefficient (Wildman–Crippen LogP) is 2.56. The van der Waals surface area contributed by atoms with Gasteiger partial charge in [-0.25, -0.2) is 0 Å². The van der Waals surface area contributed by atoms with Gasteiger partial charge in [0.05, 0.1) is 6.10 Å². The van der Waals surface area contributed by atoms with Gasteiger partial charge in [-0.05, 0) is 19.3 Å². The normalized spacial score (nSPS) is 23.7. The van der Waals surface area contributed by atoms with Gasteiger partial charge in [0.1, 0.15) is 0 Å². The van der Waals surface area contributed by atoms with Gasteiger partial charge in [0, 0.05) is 7.11 Å². The summed E-state index contributed by atoms with van der Waals surface area (Å²) in [4.78, 5) is 0. The number of hydrogen-bond donors (Lipinski definition) is 0. The maximum Gasteiger partial charge on any atom is 0.0571 e. The van der Waals surface area contributed by atoms with Gasteiger partial charge in [-0.15, -0.1) is 0 Å². The van der Waals surface area contributed by atoms with Gasteiger partial charge >= 0.3 is 0 Å². The van der Waals surface area contributed by atoms with E-state index in [1.54, 1.807) is 0 Å². The van der Waals surface area contributed by atoms with Crippen molar-refractivity contribution in [3.63, 3.8) is 0 Å². The van der Waals surface area contributed by atoms with E-state index in [2.05, 4.69) is 6.42 Å². The molecule has 0 aromatic rings. The Kier molecular flexibility index (Phi) is 3.81. The topological polar surface area (TPSA) is 9.23 Å². The van der Waals surface area contributed by atoms with Crippen LogP contribution in [0.25, 0.3) is 0 Å². The monoisotopic (exact) mass is 141 g/mol. The number of methoxy groups -OCH3 is 1.